The summed E-state index contributed by atoms with van der Waals surface area (Å²) in [6, 6.07) is 8.25. The van der Waals surface area contributed by atoms with E-state index in [1.165, 1.54) is 38.3 Å². The number of ether oxygens (including phenoxy) is 2. The highest BCUT2D eigenvalue weighted by Gasteiger charge is 2.32. The molecule has 0 amide bonds. The van der Waals surface area contributed by atoms with E-state index < -0.39 is 30.6 Å². The van der Waals surface area contributed by atoms with Crippen LogP contribution in [0.15, 0.2) is 76.9 Å². The number of nitrogens with zero attached hydrogens (tertiary/aromatic N) is 3. The lowest BCUT2D eigenvalue weighted by molar-refractivity contribution is -0.138. The van der Waals surface area contributed by atoms with E-state index in [4.69, 9.17) is 16.3 Å². The van der Waals surface area contributed by atoms with E-state index in [0.717, 1.165) is 24.2 Å². The molecule has 1 aliphatic rings. The number of allylic oxidation sites excluding steroid dienone is 4. The third-order valence-electron chi connectivity index (χ3n) is 6.86. The maximum absolute atomic E-state index is 14.3. The maximum Gasteiger partial charge on any atom is 0.416 e. The summed E-state index contributed by atoms with van der Waals surface area (Å²) in [5, 5.41) is 5.00. The van der Waals surface area contributed by atoms with Crippen LogP contribution < -0.4 is 16.3 Å². The number of carbonyl (C=O) groups excluding carboxylic acids is 1. The highest BCUT2D eigenvalue weighted by Crippen LogP contribution is 2.36. The molecule has 0 aromatic heterocycles. The Morgan fingerprint density at radius 2 is 1.73 bits per heavy atom. The number of hydrazone groups is 1. The molecule has 0 heterocycles. The molecule has 0 bridgehead atoms. The van der Waals surface area contributed by atoms with E-state index in [9.17, 15) is 35.5 Å². The predicted molar refractivity (Wildman–Crippen MR) is 178 cm³/mol. The molecule has 49 heavy (non-hydrogen) atoms. The van der Waals surface area contributed by atoms with Gasteiger partial charge in [-0.1, -0.05) is 30.4 Å². The number of hydrogen-bond acceptors (Lipinski definition) is 6. The number of hydrazine groups is 1. The molecule has 3 rings (SSSR count). The fourth-order valence-corrected chi connectivity index (χ4v) is 4.60. The summed E-state index contributed by atoms with van der Waals surface area (Å²) in [5.41, 5.74) is 8.22. The van der Waals surface area contributed by atoms with Crippen LogP contribution in [0.1, 0.15) is 47.3 Å². The summed E-state index contributed by atoms with van der Waals surface area (Å²) in [6.07, 6.45) is 1.84. The van der Waals surface area contributed by atoms with Crippen LogP contribution >= 0.6 is 0 Å². The Hall–Kier alpha value is -4.79. The first-order valence-corrected chi connectivity index (χ1v) is 14.5. The smallest absolute Gasteiger partial charge is 0.416 e. The number of carbonyl (C=O) groups is 1. The summed E-state index contributed by atoms with van der Waals surface area (Å²) in [6.45, 7) is 0.248. The van der Waals surface area contributed by atoms with Crippen molar-refractivity contribution in [3.63, 3.8) is 0 Å². The minimum absolute atomic E-state index is 0.00937. The molecule has 0 saturated carbocycles. The zero-order valence-corrected chi connectivity index (χ0v) is 28.1. The van der Waals surface area contributed by atoms with Crippen molar-refractivity contribution in [2.75, 3.05) is 48.8 Å². The van der Waals surface area contributed by atoms with Gasteiger partial charge in [-0.2, -0.15) is 13.2 Å². The summed E-state index contributed by atoms with van der Waals surface area (Å²) < 4.78 is 98.5. The predicted octanol–water partition coefficient (Wildman–Crippen LogP) is 7.25. The quantitative estimate of drug-likeness (QED) is 0.0484. The monoisotopic (exact) mass is 701 g/mol. The number of guanidine groups is 1. The fourth-order valence-electron chi connectivity index (χ4n) is 4.60. The molecule has 0 radical (unpaired) electrons. The van der Waals surface area contributed by atoms with E-state index in [0.29, 0.717) is 48.0 Å². The molecule has 0 saturated heterocycles. The van der Waals surface area contributed by atoms with Crippen LogP contribution in [0.4, 0.5) is 30.7 Å². The van der Waals surface area contributed by atoms with E-state index >= 15 is 0 Å². The van der Waals surface area contributed by atoms with Gasteiger partial charge in [0, 0.05) is 31.8 Å². The lowest BCUT2D eigenvalue weighted by Crippen LogP contribution is -2.40. The molecule has 8 nitrogen and oxygen atoms in total. The lowest BCUT2D eigenvalue weighted by atomic mass is 9.94. The molecule has 0 spiro atoms. The number of hydrogen-bond donors (Lipinski definition) is 2. The summed E-state index contributed by atoms with van der Waals surface area (Å²) >= 11 is 0. The van der Waals surface area contributed by atoms with Crippen LogP contribution in [0, 0.1) is 0 Å². The summed E-state index contributed by atoms with van der Waals surface area (Å²) in [4.78, 5) is 13.2. The van der Waals surface area contributed by atoms with Gasteiger partial charge in [0.25, 0.3) is 0 Å². The van der Waals surface area contributed by atoms with Crippen LogP contribution in [-0.2, 0) is 22.3 Å². The van der Waals surface area contributed by atoms with Gasteiger partial charge in [0.05, 0.1) is 34.1 Å². The Bertz CT molecular complexity index is 1530. The number of alkyl halides is 7. The van der Waals surface area contributed by atoms with E-state index in [1.807, 2.05) is 0 Å². The Kier molecular flexibility index (Phi) is 17.7. The van der Waals surface area contributed by atoms with Crippen molar-refractivity contribution < 1.29 is 45.0 Å². The van der Waals surface area contributed by atoms with Crippen molar-refractivity contribution in [1.29, 1.82) is 0 Å². The van der Waals surface area contributed by atoms with E-state index in [-0.39, 0.29) is 36.6 Å². The number of rotatable bonds is 11. The van der Waals surface area contributed by atoms with Gasteiger partial charge in [0.2, 0.25) is 5.96 Å². The van der Waals surface area contributed by atoms with Crippen LogP contribution in [0.2, 0.25) is 0 Å². The topological polar surface area (TPSA) is 106 Å². The lowest BCUT2D eigenvalue weighted by Gasteiger charge is -2.28. The Morgan fingerprint density at radius 3 is 2.29 bits per heavy atom. The van der Waals surface area contributed by atoms with Crippen LogP contribution in [0.3, 0.4) is 0 Å². The van der Waals surface area contributed by atoms with Crippen molar-refractivity contribution in [3.8, 4) is 5.75 Å². The highest BCUT2D eigenvalue weighted by atomic mass is 19.4. The van der Waals surface area contributed by atoms with Gasteiger partial charge >= 0.3 is 12.1 Å². The molecule has 15 heteroatoms. The Labute approximate surface area is 281 Å². The van der Waals surface area contributed by atoms with Crippen molar-refractivity contribution in [2.24, 2.45) is 16.7 Å². The number of methoxy groups -OCH3 is 2. The fraction of sp³-hybridized carbons (Fsp3) is 0.353. The van der Waals surface area contributed by atoms with Crippen molar-refractivity contribution in [3.05, 3.63) is 99.7 Å². The third-order valence-corrected chi connectivity index (χ3v) is 6.86. The van der Waals surface area contributed by atoms with Gasteiger partial charge in [-0.05, 0) is 77.1 Å². The van der Waals surface area contributed by atoms with Gasteiger partial charge in [0.1, 0.15) is 18.6 Å². The molecule has 270 valence electrons. The van der Waals surface area contributed by atoms with Crippen LogP contribution in [0.25, 0.3) is 11.6 Å². The van der Waals surface area contributed by atoms with E-state index in [2.05, 4.69) is 9.84 Å². The van der Waals surface area contributed by atoms with Gasteiger partial charge in [0.15, 0.2) is 0 Å². The second-order valence-corrected chi connectivity index (χ2v) is 10.3. The minimum Gasteiger partial charge on any atom is -0.496 e. The zero-order chi connectivity index (χ0) is 37.3. The standard InChI is InChI=1S/C32H36F5N5O3.2CH3F/c1-20(34)25-13-23(14-26(16-25)32(35,36)37)18-42(31(38)40-41(2)39)19-24-9-5-22(17-33)6-10-27(24)28-15-21(7-11-29(28)44-3)8-12-30(43)45-4;2*1-2/h6-16,20H,5,17-19,39H2,1-4H3,(H2,38,40);2*1H3/b12-8+;;. The second kappa shape index (κ2) is 20.5. The first-order chi connectivity index (χ1) is 23.2. The number of halogens is 7. The van der Waals surface area contributed by atoms with Gasteiger partial charge in [-0.15, -0.1) is 5.10 Å². The molecule has 0 fully saturated rings. The van der Waals surface area contributed by atoms with Gasteiger partial charge in [-0.3, -0.25) is 8.78 Å². The third kappa shape index (κ3) is 13.0. The average molecular weight is 702 g/mol. The molecular formula is C34H42F7N5O3. The SMILES string of the molecule is CF.CF.COC(=O)/C=C/c1ccc(OC)c(C2=CC=C(CF)CC=C2CN(Cc2cc(C(C)F)cc(C(F)(F)F)c2)/C(N)=N/N(C)N)c1. The molecule has 1 unspecified atom stereocenters. The molecule has 1 aliphatic carbocycles. The van der Waals surface area contributed by atoms with Gasteiger partial charge in [-0.25, -0.2) is 24.5 Å². The first kappa shape index (κ1) is 42.2. The van der Waals surface area contributed by atoms with Crippen LogP contribution in [0.5, 0.6) is 5.75 Å². The largest absolute Gasteiger partial charge is 0.496 e. The normalized spacial score (nSPS) is 13.8. The highest BCUT2D eigenvalue weighted by molar-refractivity contribution is 5.89. The summed E-state index contributed by atoms with van der Waals surface area (Å²) in [5.74, 6) is 5.50. The Balaban J connectivity index is 0.00000289. The van der Waals surface area contributed by atoms with Crippen LogP contribution in [-0.4, -0.2) is 70.8 Å². The number of benzene rings is 2. The molecule has 2 aromatic rings. The van der Waals surface area contributed by atoms with E-state index in [1.54, 1.807) is 42.5 Å². The molecule has 1 atom stereocenters. The van der Waals surface area contributed by atoms with Crippen molar-refractivity contribution >= 4 is 23.6 Å². The zero-order valence-electron chi connectivity index (χ0n) is 28.1. The second-order valence-electron chi connectivity index (χ2n) is 10.3. The minimum atomic E-state index is -4.71. The first-order valence-electron chi connectivity index (χ1n) is 14.5. The molecule has 0 aliphatic heterocycles. The summed E-state index contributed by atoms with van der Waals surface area (Å²) in [7, 11) is 5.16. The average Bonchev–Trinajstić information content (AvgIpc) is 3.29. The molecule has 2 aromatic carbocycles. The van der Waals surface area contributed by atoms with Crippen molar-refractivity contribution in [1.82, 2.24) is 10.0 Å². The van der Waals surface area contributed by atoms with Crippen molar-refractivity contribution in [2.45, 2.75) is 32.2 Å². The Morgan fingerprint density at radius 1 is 1.06 bits per heavy atom. The maximum atomic E-state index is 14.3. The number of esters is 1. The number of nitrogens with two attached hydrogens (primary N) is 2. The molecular weight excluding hydrogens is 659 g/mol. The molecule has 4 N–H and O–H groups in total. The van der Waals surface area contributed by atoms with Gasteiger partial charge < -0.3 is 20.1 Å².